The topological polar surface area (TPSA) is 66.5 Å². The Balaban J connectivity index is 1.33. The van der Waals surface area contributed by atoms with E-state index in [2.05, 4.69) is 33.4 Å². The van der Waals surface area contributed by atoms with Gasteiger partial charge < -0.3 is 5.32 Å². The number of benzene rings is 1. The molecule has 0 radical (unpaired) electrons. The molecule has 5 nitrogen and oxygen atoms in total. The first kappa shape index (κ1) is 17.4. The summed E-state index contributed by atoms with van der Waals surface area (Å²) in [4.78, 5) is 39.5. The summed E-state index contributed by atoms with van der Waals surface area (Å²) in [5, 5.41) is 3.26. The summed E-state index contributed by atoms with van der Waals surface area (Å²) in [6.45, 7) is 1.61. The van der Waals surface area contributed by atoms with Crippen molar-refractivity contribution in [3.05, 3.63) is 39.3 Å². The molecule has 5 aliphatic rings. The summed E-state index contributed by atoms with van der Waals surface area (Å²) < 4.78 is 0.746. The highest BCUT2D eigenvalue weighted by atomic mass is 79.9. The molecule has 3 amide bonds. The van der Waals surface area contributed by atoms with Gasteiger partial charge in [0.1, 0.15) is 6.54 Å². The first-order valence-electron chi connectivity index (χ1n) is 9.16. The average molecular weight is 450 g/mol. The van der Waals surface area contributed by atoms with E-state index in [0.29, 0.717) is 22.5 Å². The van der Waals surface area contributed by atoms with Crippen LogP contribution in [0.5, 0.6) is 0 Å². The maximum atomic E-state index is 12.9. The average Bonchev–Trinajstić information content (AvgIpc) is 3.41. The van der Waals surface area contributed by atoms with Crippen LogP contribution in [0, 0.1) is 42.4 Å². The van der Waals surface area contributed by atoms with Gasteiger partial charge in [0, 0.05) is 10.2 Å². The highest BCUT2D eigenvalue weighted by Crippen LogP contribution is 2.65. The molecule has 3 fully saturated rings. The SMILES string of the molecule is Cc1cc(Br)c(Cl)cc1NC(=O)CN1C(=O)[C@@H]2[C@H]3C=C[C@@H]([C@@H]4C[C@H]34)[C@@H]2C1=O. The van der Waals surface area contributed by atoms with Crippen LogP contribution in [0.1, 0.15) is 12.0 Å². The molecule has 27 heavy (non-hydrogen) atoms. The number of likely N-dealkylation sites (tertiary alicyclic amines) is 1. The Morgan fingerprint density at radius 1 is 1.19 bits per heavy atom. The number of halogens is 2. The summed E-state index contributed by atoms with van der Waals surface area (Å²) in [7, 11) is 0. The van der Waals surface area contributed by atoms with Crippen LogP contribution in [0.2, 0.25) is 5.02 Å². The third kappa shape index (κ3) is 2.53. The van der Waals surface area contributed by atoms with Crippen molar-refractivity contribution in [3.63, 3.8) is 0 Å². The summed E-state index contributed by atoms with van der Waals surface area (Å²) in [5.74, 6) is 0.150. The van der Waals surface area contributed by atoms with Crippen LogP contribution in [0.3, 0.4) is 0 Å². The molecule has 6 rings (SSSR count). The van der Waals surface area contributed by atoms with E-state index < -0.39 is 0 Å². The standard InChI is InChI=1S/C20H18BrClN2O3/c1-8-4-13(21)14(22)6-15(8)23-16(25)7-24-19(26)17-9-2-3-10(12-5-11(9)12)18(17)20(24)27/h2-4,6,9-12,17-18H,5,7H2,1H3,(H,23,25)/t9-,10-,11-,12+,17-,18+/m0/s1. The second-order valence-corrected chi connectivity index (χ2v) is 9.31. The monoisotopic (exact) mass is 448 g/mol. The van der Waals surface area contributed by atoms with Crippen LogP contribution in [0.25, 0.3) is 0 Å². The second kappa shape index (κ2) is 5.92. The minimum absolute atomic E-state index is 0.169. The number of anilines is 1. The zero-order valence-corrected chi connectivity index (χ0v) is 17.0. The Hall–Kier alpha value is -1.66. The predicted octanol–water partition coefficient (Wildman–Crippen LogP) is 3.40. The number of imide groups is 1. The molecular weight excluding hydrogens is 432 g/mol. The first-order valence-corrected chi connectivity index (χ1v) is 10.3. The van der Waals surface area contributed by atoms with Crippen molar-refractivity contribution in [3.8, 4) is 0 Å². The molecule has 0 unspecified atom stereocenters. The molecular formula is C20H18BrClN2O3. The van der Waals surface area contributed by atoms with Gasteiger partial charge in [-0.05, 0) is 70.6 Å². The van der Waals surface area contributed by atoms with Gasteiger partial charge in [-0.2, -0.15) is 0 Å². The summed E-state index contributed by atoms with van der Waals surface area (Å²) >= 11 is 9.45. The molecule has 1 aliphatic heterocycles. The molecule has 2 bridgehead atoms. The van der Waals surface area contributed by atoms with Gasteiger partial charge in [-0.1, -0.05) is 23.8 Å². The maximum Gasteiger partial charge on any atom is 0.244 e. The van der Waals surface area contributed by atoms with Crippen molar-refractivity contribution in [1.29, 1.82) is 0 Å². The third-order valence-electron chi connectivity index (χ3n) is 6.60. The van der Waals surface area contributed by atoms with Gasteiger partial charge in [0.05, 0.1) is 16.9 Å². The van der Waals surface area contributed by atoms with Crippen LogP contribution < -0.4 is 5.32 Å². The number of allylic oxidation sites excluding steroid dienone is 2. The van der Waals surface area contributed by atoms with Crippen molar-refractivity contribution in [1.82, 2.24) is 4.90 Å². The fraction of sp³-hybridized carbons (Fsp3) is 0.450. The Morgan fingerprint density at radius 3 is 2.37 bits per heavy atom. The Labute approximate surface area is 170 Å². The quantitative estimate of drug-likeness (QED) is 0.568. The van der Waals surface area contributed by atoms with Crippen molar-refractivity contribution >= 4 is 50.9 Å². The Morgan fingerprint density at radius 2 is 1.78 bits per heavy atom. The number of hydrogen-bond acceptors (Lipinski definition) is 3. The lowest BCUT2D eigenvalue weighted by Crippen LogP contribution is -2.40. The fourth-order valence-electron chi connectivity index (χ4n) is 5.29. The molecule has 0 spiro atoms. The van der Waals surface area contributed by atoms with Crippen LogP contribution in [0.15, 0.2) is 28.8 Å². The first-order chi connectivity index (χ1) is 12.9. The summed E-state index contributed by atoms with van der Waals surface area (Å²) in [5.41, 5.74) is 1.42. The van der Waals surface area contributed by atoms with Gasteiger partial charge in [0.25, 0.3) is 0 Å². The second-order valence-electron chi connectivity index (χ2n) is 8.05. The van der Waals surface area contributed by atoms with E-state index in [1.54, 1.807) is 6.07 Å². The zero-order chi connectivity index (χ0) is 19.0. The van der Waals surface area contributed by atoms with Crippen LogP contribution >= 0.6 is 27.5 Å². The van der Waals surface area contributed by atoms with E-state index in [0.717, 1.165) is 21.4 Å². The smallest absolute Gasteiger partial charge is 0.244 e. The molecule has 4 aliphatic carbocycles. The van der Waals surface area contributed by atoms with E-state index in [1.807, 2.05) is 13.0 Å². The molecule has 1 N–H and O–H groups in total. The Kier molecular flexibility index (Phi) is 3.82. The molecule has 1 heterocycles. The number of nitrogens with zero attached hydrogens (tertiary/aromatic N) is 1. The number of carbonyl (C=O) groups excluding carboxylic acids is 3. The van der Waals surface area contributed by atoms with Crippen molar-refractivity contribution in [2.24, 2.45) is 35.5 Å². The lowest BCUT2D eigenvalue weighted by molar-refractivity contribution is -0.142. The molecule has 0 aromatic heterocycles. The highest BCUT2D eigenvalue weighted by molar-refractivity contribution is 9.10. The number of nitrogens with one attached hydrogen (secondary N) is 1. The van der Waals surface area contributed by atoms with Gasteiger partial charge in [0.15, 0.2) is 0 Å². The van der Waals surface area contributed by atoms with Crippen LogP contribution in [0.4, 0.5) is 5.69 Å². The summed E-state index contributed by atoms with van der Waals surface area (Å²) in [6.07, 6.45) is 5.38. The van der Waals surface area contributed by atoms with Gasteiger partial charge in [-0.15, -0.1) is 0 Å². The zero-order valence-electron chi connectivity index (χ0n) is 14.6. The minimum atomic E-state index is -0.387. The maximum absolute atomic E-state index is 12.9. The van der Waals surface area contributed by atoms with Crippen LogP contribution in [-0.2, 0) is 14.4 Å². The number of aryl methyl sites for hydroxylation is 1. The fourth-order valence-corrected chi connectivity index (χ4v) is 5.91. The molecule has 7 heteroatoms. The molecule has 2 saturated carbocycles. The number of carbonyl (C=O) groups is 3. The van der Waals surface area contributed by atoms with E-state index in [-0.39, 0.29) is 47.9 Å². The normalized spacial score (nSPS) is 35.3. The van der Waals surface area contributed by atoms with Gasteiger partial charge in [-0.3, -0.25) is 19.3 Å². The van der Waals surface area contributed by atoms with Crippen molar-refractivity contribution < 1.29 is 14.4 Å². The van der Waals surface area contributed by atoms with Gasteiger partial charge in [-0.25, -0.2) is 0 Å². The number of hydrogen-bond donors (Lipinski definition) is 1. The molecule has 1 saturated heterocycles. The lowest BCUT2D eigenvalue weighted by Gasteiger charge is -2.37. The van der Waals surface area contributed by atoms with E-state index in [4.69, 9.17) is 11.6 Å². The number of amides is 3. The summed E-state index contributed by atoms with van der Waals surface area (Å²) in [6, 6.07) is 3.47. The molecule has 1 aromatic carbocycles. The van der Waals surface area contributed by atoms with Gasteiger partial charge >= 0.3 is 0 Å². The van der Waals surface area contributed by atoms with Gasteiger partial charge in [0.2, 0.25) is 17.7 Å². The lowest BCUT2D eigenvalue weighted by atomic mass is 9.63. The van der Waals surface area contributed by atoms with Crippen molar-refractivity contribution in [2.45, 2.75) is 13.3 Å². The van der Waals surface area contributed by atoms with E-state index >= 15 is 0 Å². The Bertz CT molecular complexity index is 894. The predicted molar refractivity (Wildman–Crippen MR) is 104 cm³/mol. The molecule has 1 aromatic rings. The van der Waals surface area contributed by atoms with Crippen molar-refractivity contribution in [2.75, 3.05) is 11.9 Å². The minimum Gasteiger partial charge on any atom is -0.324 e. The molecule has 140 valence electrons. The molecule has 6 atom stereocenters. The number of rotatable bonds is 3. The van der Waals surface area contributed by atoms with Crippen LogP contribution in [-0.4, -0.2) is 29.2 Å². The van der Waals surface area contributed by atoms with E-state index in [9.17, 15) is 14.4 Å². The van der Waals surface area contributed by atoms with E-state index in [1.165, 1.54) is 0 Å². The largest absolute Gasteiger partial charge is 0.324 e. The highest BCUT2D eigenvalue weighted by Gasteiger charge is 2.67. The third-order valence-corrected chi connectivity index (χ3v) is 7.79.